The minimum absolute atomic E-state index is 0.0333. The summed E-state index contributed by atoms with van der Waals surface area (Å²) in [5, 5.41) is 9.36. The second kappa shape index (κ2) is 7.99. The Kier molecular flexibility index (Phi) is 5.91. The maximum Gasteiger partial charge on any atom is 0.228 e. The summed E-state index contributed by atoms with van der Waals surface area (Å²) in [5.74, 6) is 1.56. The number of hydrogen-bond donors (Lipinski definition) is 1. The first-order chi connectivity index (χ1) is 12.6. The number of likely N-dealkylation sites (tertiary alicyclic amines) is 1. The molecule has 1 saturated heterocycles. The van der Waals surface area contributed by atoms with Crippen LogP contribution in [-0.2, 0) is 11.2 Å². The van der Waals surface area contributed by atoms with Gasteiger partial charge in [0.25, 0.3) is 0 Å². The predicted octanol–water partition coefficient (Wildman–Crippen LogP) is 3.76. The Labute approximate surface area is 157 Å². The topological polar surface area (TPSA) is 49.8 Å². The van der Waals surface area contributed by atoms with Gasteiger partial charge in [0, 0.05) is 18.5 Å². The third-order valence-corrected chi connectivity index (χ3v) is 6.62. The Morgan fingerprint density at radius 1 is 1.31 bits per heavy atom. The average molecular weight is 360 g/mol. The van der Waals surface area contributed by atoms with Crippen molar-refractivity contribution in [1.82, 2.24) is 4.90 Å². The number of amides is 1. The summed E-state index contributed by atoms with van der Waals surface area (Å²) >= 11 is 0. The summed E-state index contributed by atoms with van der Waals surface area (Å²) < 4.78 is 5.74. The lowest BCUT2D eigenvalue weighted by atomic mass is 9.64. The zero-order valence-corrected chi connectivity index (χ0v) is 16.5. The fraction of sp³-hybridized carbons (Fsp3) is 0.682. The molecular weight excluding hydrogens is 326 g/mol. The van der Waals surface area contributed by atoms with Gasteiger partial charge in [-0.15, -0.1) is 0 Å². The number of para-hydroxylation sites is 1. The number of methoxy groups -OCH3 is 1. The van der Waals surface area contributed by atoms with Crippen LogP contribution in [-0.4, -0.2) is 42.7 Å². The maximum atomic E-state index is 12.4. The van der Waals surface area contributed by atoms with E-state index in [-0.39, 0.29) is 18.4 Å². The molecule has 1 aromatic rings. The molecule has 1 atom stereocenters. The second-order valence-corrected chi connectivity index (χ2v) is 8.15. The smallest absolute Gasteiger partial charge is 0.228 e. The van der Waals surface area contributed by atoms with Gasteiger partial charge in [-0.2, -0.15) is 0 Å². The summed E-state index contributed by atoms with van der Waals surface area (Å²) in [7, 11) is 1.78. The molecule has 2 fully saturated rings. The van der Waals surface area contributed by atoms with E-state index in [1.807, 2.05) is 11.8 Å². The van der Waals surface area contributed by atoms with Crippen LogP contribution in [0.2, 0.25) is 0 Å². The third kappa shape index (κ3) is 3.48. The molecule has 3 rings (SSSR count). The first-order valence-electron chi connectivity index (χ1n) is 10.1. The van der Waals surface area contributed by atoms with Crippen LogP contribution >= 0.6 is 0 Å². The molecule has 0 aromatic heterocycles. The number of rotatable bonds is 6. The van der Waals surface area contributed by atoms with Gasteiger partial charge in [0.2, 0.25) is 5.91 Å². The fourth-order valence-corrected chi connectivity index (χ4v) is 4.87. The standard InChI is InChI=1S/C22H33NO3/c1-4-16-7-6-8-19(20(16)26-3)18-9-11-22(12-10-18)14-23(15-22)21(25)17(5-2)13-24/h6-8,17-18,24H,4-5,9-15H2,1-3H3/t17-/m1/s1. The Morgan fingerprint density at radius 2 is 2.00 bits per heavy atom. The molecule has 1 aliphatic heterocycles. The summed E-state index contributed by atoms with van der Waals surface area (Å²) in [6, 6.07) is 6.54. The monoisotopic (exact) mass is 359 g/mol. The molecule has 1 heterocycles. The van der Waals surface area contributed by atoms with Crippen molar-refractivity contribution in [2.75, 3.05) is 26.8 Å². The van der Waals surface area contributed by atoms with E-state index in [0.29, 0.717) is 17.8 Å². The highest BCUT2D eigenvalue weighted by Gasteiger charge is 2.47. The minimum atomic E-state index is -0.218. The van der Waals surface area contributed by atoms with E-state index in [0.717, 1.165) is 25.3 Å². The van der Waals surface area contributed by atoms with Crippen LogP contribution in [0.5, 0.6) is 5.75 Å². The molecule has 144 valence electrons. The quantitative estimate of drug-likeness (QED) is 0.841. The van der Waals surface area contributed by atoms with Crippen LogP contribution in [0, 0.1) is 11.3 Å². The number of ether oxygens (including phenoxy) is 1. The van der Waals surface area contributed by atoms with E-state index in [2.05, 4.69) is 25.1 Å². The number of nitrogens with zero attached hydrogens (tertiary/aromatic N) is 1. The van der Waals surface area contributed by atoms with Crippen molar-refractivity contribution in [2.45, 2.75) is 58.3 Å². The molecule has 0 radical (unpaired) electrons. The van der Waals surface area contributed by atoms with Gasteiger partial charge in [-0.25, -0.2) is 0 Å². The third-order valence-electron chi connectivity index (χ3n) is 6.62. The van der Waals surface area contributed by atoms with Gasteiger partial charge >= 0.3 is 0 Å². The lowest BCUT2D eigenvalue weighted by Crippen LogP contribution is -2.60. The van der Waals surface area contributed by atoms with E-state index in [1.165, 1.54) is 36.8 Å². The number of aliphatic hydroxyl groups excluding tert-OH is 1. The predicted molar refractivity (Wildman–Crippen MR) is 103 cm³/mol. The summed E-state index contributed by atoms with van der Waals surface area (Å²) in [4.78, 5) is 14.4. The highest BCUT2D eigenvalue weighted by molar-refractivity contribution is 5.80. The van der Waals surface area contributed by atoms with Gasteiger partial charge in [-0.1, -0.05) is 32.0 Å². The van der Waals surface area contributed by atoms with Gasteiger partial charge in [-0.3, -0.25) is 4.79 Å². The van der Waals surface area contributed by atoms with Crippen molar-refractivity contribution in [2.24, 2.45) is 11.3 Å². The summed E-state index contributed by atoms with van der Waals surface area (Å²) in [5.41, 5.74) is 2.97. The van der Waals surface area contributed by atoms with Gasteiger partial charge in [-0.05, 0) is 55.6 Å². The number of carbonyl (C=O) groups excluding carboxylic acids is 1. The van der Waals surface area contributed by atoms with E-state index in [4.69, 9.17) is 4.74 Å². The molecule has 26 heavy (non-hydrogen) atoms. The van der Waals surface area contributed by atoms with Crippen molar-refractivity contribution in [3.8, 4) is 5.75 Å². The molecule has 1 spiro atoms. The van der Waals surface area contributed by atoms with Gasteiger partial charge < -0.3 is 14.7 Å². The second-order valence-electron chi connectivity index (χ2n) is 8.15. The Balaban J connectivity index is 1.60. The summed E-state index contributed by atoms with van der Waals surface area (Å²) in [6.45, 7) is 5.86. The molecule has 0 bridgehead atoms. The average Bonchev–Trinajstić information content (AvgIpc) is 2.66. The van der Waals surface area contributed by atoms with E-state index >= 15 is 0 Å². The molecule has 4 nitrogen and oxygen atoms in total. The Bertz CT molecular complexity index is 622. The lowest BCUT2D eigenvalue weighted by Gasteiger charge is -2.54. The van der Waals surface area contributed by atoms with Crippen LogP contribution in [0.25, 0.3) is 0 Å². The Hall–Kier alpha value is -1.55. The van der Waals surface area contributed by atoms with Crippen LogP contribution in [0.1, 0.15) is 63.0 Å². The minimum Gasteiger partial charge on any atom is -0.496 e. The molecule has 4 heteroatoms. The van der Waals surface area contributed by atoms with Crippen molar-refractivity contribution in [1.29, 1.82) is 0 Å². The highest BCUT2D eigenvalue weighted by Crippen LogP contribution is 2.50. The van der Waals surface area contributed by atoms with Gasteiger partial charge in [0.15, 0.2) is 0 Å². The molecule has 1 saturated carbocycles. The molecule has 1 N–H and O–H groups in total. The van der Waals surface area contributed by atoms with Crippen LogP contribution in [0.15, 0.2) is 18.2 Å². The number of aliphatic hydroxyl groups is 1. The zero-order chi connectivity index (χ0) is 18.7. The van der Waals surface area contributed by atoms with Gasteiger partial charge in [0.1, 0.15) is 5.75 Å². The first kappa shape index (κ1) is 19.2. The van der Waals surface area contributed by atoms with Crippen LogP contribution in [0.3, 0.4) is 0 Å². The number of aryl methyl sites for hydroxylation is 1. The molecular formula is C22H33NO3. The SMILES string of the molecule is CCc1cccc(C2CCC3(CC2)CN(C(=O)[C@H](CC)CO)C3)c1OC. The molecule has 0 unspecified atom stereocenters. The van der Waals surface area contributed by atoms with Crippen LogP contribution < -0.4 is 4.74 Å². The van der Waals surface area contributed by atoms with Crippen molar-refractivity contribution >= 4 is 5.91 Å². The molecule has 1 aromatic carbocycles. The molecule has 1 aliphatic carbocycles. The normalized spacial score (nSPS) is 20.7. The van der Waals surface area contributed by atoms with Crippen molar-refractivity contribution in [3.05, 3.63) is 29.3 Å². The van der Waals surface area contributed by atoms with Gasteiger partial charge in [0.05, 0.1) is 19.6 Å². The molecule has 1 amide bonds. The fourth-order valence-electron chi connectivity index (χ4n) is 4.87. The van der Waals surface area contributed by atoms with E-state index < -0.39 is 0 Å². The van der Waals surface area contributed by atoms with E-state index in [1.54, 1.807) is 7.11 Å². The first-order valence-corrected chi connectivity index (χ1v) is 10.1. The zero-order valence-electron chi connectivity index (χ0n) is 16.5. The van der Waals surface area contributed by atoms with Crippen LogP contribution in [0.4, 0.5) is 0 Å². The van der Waals surface area contributed by atoms with Crippen molar-refractivity contribution < 1.29 is 14.6 Å². The van der Waals surface area contributed by atoms with Crippen molar-refractivity contribution in [3.63, 3.8) is 0 Å². The highest BCUT2D eigenvalue weighted by atomic mass is 16.5. The van der Waals surface area contributed by atoms with E-state index in [9.17, 15) is 9.90 Å². The largest absolute Gasteiger partial charge is 0.496 e. The lowest BCUT2D eigenvalue weighted by molar-refractivity contribution is -0.151. The number of carbonyl (C=O) groups is 1. The summed E-state index contributed by atoms with van der Waals surface area (Å²) in [6.07, 6.45) is 6.40. The number of hydrogen-bond acceptors (Lipinski definition) is 3. The number of benzene rings is 1. The molecule has 2 aliphatic rings. The maximum absolute atomic E-state index is 12.4. The Morgan fingerprint density at radius 3 is 2.54 bits per heavy atom.